The van der Waals surface area contributed by atoms with Crippen LogP contribution in [0.3, 0.4) is 0 Å². The molecule has 0 aliphatic carbocycles. The summed E-state index contributed by atoms with van der Waals surface area (Å²) in [6.07, 6.45) is 5.29. The Bertz CT molecular complexity index is 430. The quantitative estimate of drug-likeness (QED) is 0.568. The fourth-order valence-corrected chi connectivity index (χ4v) is 4.63. The Labute approximate surface area is 159 Å². The first-order chi connectivity index (χ1) is 12.8. The minimum absolute atomic E-state index is 0.769. The van der Waals surface area contributed by atoms with Crippen molar-refractivity contribution in [2.75, 3.05) is 79.2 Å². The average molecular weight is 366 g/mol. The molecule has 6 nitrogen and oxygen atoms in total. The van der Waals surface area contributed by atoms with E-state index in [0.717, 1.165) is 63.7 Å². The van der Waals surface area contributed by atoms with Crippen molar-refractivity contribution in [3.63, 3.8) is 0 Å². The summed E-state index contributed by atoms with van der Waals surface area (Å²) in [7, 11) is 1.93. The predicted octanol–water partition coefficient (Wildman–Crippen LogP) is 1.34. The molecule has 3 aliphatic rings. The van der Waals surface area contributed by atoms with Gasteiger partial charge in [-0.1, -0.05) is 6.92 Å². The summed E-state index contributed by atoms with van der Waals surface area (Å²) in [5, 5.41) is 3.64. The fraction of sp³-hybridized carbons (Fsp3) is 0.950. The molecule has 0 radical (unpaired) electrons. The van der Waals surface area contributed by atoms with E-state index in [9.17, 15) is 0 Å². The van der Waals surface area contributed by atoms with E-state index < -0.39 is 0 Å². The minimum atomic E-state index is 0.769. The maximum atomic E-state index is 5.46. The summed E-state index contributed by atoms with van der Waals surface area (Å²) >= 11 is 0. The van der Waals surface area contributed by atoms with Crippen molar-refractivity contribution in [3.05, 3.63) is 0 Å². The monoisotopic (exact) mass is 365 g/mol. The maximum Gasteiger partial charge on any atom is 0.193 e. The summed E-state index contributed by atoms with van der Waals surface area (Å²) in [5.41, 5.74) is 0. The molecule has 3 fully saturated rings. The van der Waals surface area contributed by atoms with Crippen LogP contribution in [0.15, 0.2) is 4.99 Å². The Hall–Kier alpha value is -0.850. The Morgan fingerprint density at radius 1 is 1.00 bits per heavy atom. The molecule has 0 saturated carbocycles. The first kappa shape index (κ1) is 19.9. The van der Waals surface area contributed by atoms with Gasteiger partial charge in [0.1, 0.15) is 0 Å². The molecule has 6 heteroatoms. The van der Waals surface area contributed by atoms with Gasteiger partial charge in [-0.3, -0.25) is 9.89 Å². The van der Waals surface area contributed by atoms with E-state index in [2.05, 4.69) is 31.9 Å². The number of rotatable bonds is 6. The molecular formula is C20H39N5O. The number of morpholine rings is 1. The molecular weight excluding hydrogens is 326 g/mol. The normalized spacial score (nSPS) is 27.2. The number of ether oxygens (including phenoxy) is 1. The van der Waals surface area contributed by atoms with Gasteiger partial charge in [0.2, 0.25) is 0 Å². The summed E-state index contributed by atoms with van der Waals surface area (Å²) in [5.74, 6) is 2.77. The lowest BCUT2D eigenvalue weighted by Gasteiger charge is -2.31. The van der Waals surface area contributed by atoms with Gasteiger partial charge >= 0.3 is 0 Å². The molecule has 1 N–H and O–H groups in total. The summed E-state index contributed by atoms with van der Waals surface area (Å²) in [6.45, 7) is 14.6. The Morgan fingerprint density at radius 3 is 2.42 bits per heavy atom. The molecule has 0 spiro atoms. The van der Waals surface area contributed by atoms with Crippen molar-refractivity contribution < 1.29 is 4.74 Å². The molecule has 0 amide bonds. The molecule has 0 aromatic rings. The Morgan fingerprint density at radius 2 is 1.73 bits per heavy atom. The van der Waals surface area contributed by atoms with Crippen molar-refractivity contribution >= 4 is 5.96 Å². The third-order valence-corrected chi connectivity index (χ3v) is 6.41. The van der Waals surface area contributed by atoms with Crippen LogP contribution in [0.5, 0.6) is 0 Å². The van der Waals surface area contributed by atoms with E-state index in [1.54, 1.807) is 0 Å². The molecule has 150 valence electrons. The second-order valence-corrected chi connectivity index (χ2v) is 8.15. The molecule has 1 atom stereocenters. The highest BCUT2D eigenvalue weighted by atomic mass is 16.5. The van der Waals surface area contributed by atoms with Crippen molar-refractivity contribution in [1.29, 1.82) is 0 Å². The highest BCUT2D eigenvalue weighted by Gasteiger charge is 2.27. The number of hydrogen-bond acceptors (Lipinski definition) is 4. The number of guanidine groups is 1. The zero-order valence-corrected chi connectivity index (χ0v) is 17.0. The molecule has 0 aromatic heterocycles. The average Bonchev–Trinajstić information content (AvgIpc) is 3.15. The molecule has 3 rings (SSSR count). The molecule has 3 aliphatic heterocycles. The zero-order valence-electron chi connectivity index (χ0n) is 17.0. The largest absolute Gasteiger partial charge is 0.379 e. The number of likely N-dealkylation sites (tertiary alicyclic amines) is 2. The van der Waals surface area contributed by atoms with Gasteiger partial charge in [-0.2, -0.15) is 0 Å². The molecule has 0 aromatic carbocycles. The van der Waals surface area contributed by atoms with Crippen molar-refractivity contribution in [2.24, 2.45) is 16.8 Å². The first-order valence-electron chi connectivity index (χ1n) is 10.8. The van der Waals surface area contributed by atoms with Crippen LogP contribution in [0, 0.1) is 11.8 Å². The van der Waals surface area contributed by atoms with Crippen LogP contribution in [0.2, 0.25) is 0 Å². The van der Waals surface area contributed by atoms with Gasteiger partial charge in [0, 0.05) is 46.3 Å². The van der Waals surface area contributed by atoms with Gasteiger partial charge in [-0.15, -0.1) is 0 Å². The first-order valence-corrected chi connectivity index (χ1v) is 10.8. The lowest BCUT2D eigenvalue weighted by atomic mass is 9.93. The molecule has 3 heterocycles. The summed E-state index contributed by atoms with van der Waals surface area (Å²) in [6, 6.07) is 0. The fourth-order valence-electron chi connectivity index (χ4n) is 4.63. The van der Waals surface area contributed by atoms with E-state index in [1.807, 2.05) is 7.05 Å². The van der Waals surface area contributed by atoms with Crippen molar-refractivity contribution in [2.45, 2.75) is 32.6 Å². The van der Waals surface area contributed by atoms with Crippen molar-refractivity contribution in [1.82, 2.24) is 20.0 Å². The van der Waals surface area contributed by atoms with Crippen LogP contribution in [-0.4, -0.2) is 99.8 Å². The van der Waals surface area contributed by atoms with E-state index in [0.29, 0.717) is 0 Å². The number of hydrogen-bond donors (Lipinski definition) is 1. The Balaban J connectivity index is 1.34. The summed E-state index contributed by atoms with van der Waals surface area (Å²) in [4.78, 5) is 12.1. The highest BCUT2D eigenvalue weighted by Crippen LogP contribution is 2.20. The van der Waals surface area contributed by atoms with Gasteiger partial charge in [0.15, 0.2) is 5.96 Å². The standard InChI is InChI=1S/C20H39N5O/c1-3-23-9-5-18(6-10-23)4-8-22-20(21-2)25-11-7-19(17-25)16-24-12-14-26-15-13-24/h18-19H,3-17H2,1-2H3,(H,21,22). The number of aliphatic imine (C=N–C) groups is 1. The van der Waals surface area contributed by atoms with Gasteiger partial charge < -0.3 is 19.9 Å². The molecule has 0 bridgehead atoms. The third kappa shape index (κ3) is 5.83. The van der Waals surface area contributed by atoms with E-state index in [-0.39, 0.29) is 0 Å². The van der Waals surface area contributed by atoms with Crippen molar-refractivity contribution in [3.8, 4) is 0 Å². The molecule has 26 heavy (non-hydrogen) atoms. The summed E-state index contributed by atoms with van der Waals surface area (Å²) < 4.78 is 5.46. The molecule has 3 saturated heterocycles. The van der Waals surface area contributed by atoms with Gasteiger partial charge in [-0.25, -0.2) is 0 Å². The van der Waals surface area contributed by atoms with Gasteiger partial charge in [0.25, 0.3) is 0 Å². The van der Waals surface area contributed by atoms with E-state index in [4.69, 9.17) is 4.74 Å². The second-order valence-electron chi connectivity index (χ2n) is 8.15. The van der Waals surface area contributed by atoms with E-state index in [1.165, 1.54) is 51.9 Å². The topological polar surface area (TPSA) is 43.3 Å². The van der Waals surface area contributed by atoms with E-state index >= 15 is 0 Å². The third-order valence-electron chi connectivity index (χ3n) is 6.41. The molecule has 1 unspecified atom stereocenters. The van der Waals surface area contributed by atoms with Crippen LogP contribution in [0.25, 0.3) is 0 Å². The highest BCUT2D eigenvalue weighted by molar-refractivity contribution is 5.80. The minimum Gasteiger partial charge on any atom is -0.379 e. The zero-order chi connectivity index (χ0) is 18.2. The number of nitrogens with zero attached hydrogens (tertiary/aromatic N) is 4. The maximum absolute atomic E-state index is 5.46. The Kier molecular flexibility index (Phi) is 8.02. The van der Waals surface area contributed by atoms with Crippen LogP contribution < -0.4 is 5.32 Å². The van der Waals surface area contributed by atoms with Crippen LogP contribution in [0.4, 0.5) is 0 Å². The predicted molar refractivity (Wildman–Crippen MR) is 108 cm³/mol. The number of piperidine rings is 1. The smallest absolute Gasteiger partial charge is 0.193 e. The van der Waals surface area contributed by atoms with Gasteiger partial charge in [-0.05, 0) is 57.2 Å². The lowest BCUT2D eigenvalue weighted by Crippen LogP contribution is -2.43. The van der Waals surface area contributed by atoms with Crippen LogP contribution in [-0.2, 0) is 4.74 Å². The second kappa shape index (κ2) is 10.5. The SMILES string of the molecule is CCN1CCC(CCNC(=NC)N2CCC(CN3CCOCC3)C2)CC1. The van der Waals surface area contributed by atoms with Gasteiger partial charge in [0.05, 0.1) is 13.2 Å². The lowest BCUT2D eigenvalue weighted by molar-refractivity contribution is 0.0315. The number of nitrogens with one attached hydrogen (secondary N) is 1. The van der Waals surface area contributed by atoms with Crippen LogP contribution >= 0.6 is 0 Å². The van der Waals surface area contributed by atoms with Crippen LogP contribution in [0.1, 0.15) is 32.6 Å².